The van der Waals surface area contributed by atoms with Gasteiger partial charge in [-0.25, -0.2) is 0 Å². The van der Waals surface area contributed by atoms with Gasteiger partial charge in [0.1, 0.15) is 0 Å². The molecule has 1 aliphatic heterocycles. The summed E-state index contributed by atoms with van der Waals surface area (Å²) in [5.74, 6) is 0. The molecule has 5 nitrogen and oxygen atoms in total. The highest BCUT2D eigenvalue weighted by atomic mass is 16.5. The lowest BCUT2D eigenvalue weighted by atomic mass is 10.2. The number of benzene rings is 1. The smallest absolute Gasteiger partial charge is 0.0727 e. The van der Waals surface area contributed by atoms with Gasteiger partial charge in [-0.1, -0.05) is 30.3 Å². The van der Waals surface area contributed by atoms with Crippen LogP contribution in [0.15, 0.2) is 42.7 Å². The zero-order chi connectivity index (χ0) is 14.3. The summed E-state index contributed by atoms with van der Waals surface area (Å²) < 4.78 is 7.31. The molecule has 0 bridgehead atoms. The number of ether oxygens (including phenoxy) is 1. The van der Waals surface area contributed by atoms with Crippen LogP contribution in [0.2, 0.25) is 0 Å². The standard InChI is InChI=1S/C16H22N4O/c1-2-4-15(5-3-1)13-20-14-16(12-18-20)17-6-7-19-8-10-21-11-9-19/h1-5,12,14,17H,6-11,13H2. The van der Waals surface area contributed by atoms with E-state index in [2.05, 4.69) is 45.8 Å². The Morgan fingerprint density at radius 3 is 2.76 bits per heavy atom. The summed E-state index contributed by atoms with van der Waals surface area (Å²) in [6, 6.07) is 10.4. The molecular formula is C16H22N4O. The van der Waals surface area contributed by atoms with Crippen molar-refractivity contribution < 1.29 is 4.74 Å². The molecule has 5 heteroatoms. The van der Waals surface area contributed by atoms with E-state index in [4.69, 9.17) is 4.74 Å². The van der Waals surface area contributed by atoms with Gasteiger partial charge in [0.15, 0.2) is 0 Å². The summed E-state index contributed by atoms with van der Waals surface area (Å²) >= 11 is 0. The molecule has 1 saturated heterocycles. The lowest BCUT2D eigenvalue weighted by Gasteiger charge is -2.26. The number of morpholine rings is 1. The van der Waals surface area contributed by atoms with Crippen molar-refractivity contribution in [3.8, 4) is 0 Å². The zero-order valence-corrected chi connectivity index (χ0v) is 12.2. The maximum Gasteiger partial charge on any atom is 0.0727 e. The molecule has 0 atom stereocenters. The van der Waals surface area contributed by atoms with Gasteiger partial charge in [0.25, 0.3) is 0 Å². The zero-order valence-electron chi connectivity index (χ0n) is 12.2. The highest BCUT2D eigenvalue weighted by Crippen LogP contribution is 2.07. The molecule has 0 amide bonds. The van der Waals surface area contributed by atoms with Gasteiger partial charge < -0.3 is 10.1 Å². The van der Waals surface area contributed by atoms with Crippen LogP contribution in [0.3, 0.4) is 0 Å². The molecular weight excluding hydrogens is 264 g/mol. The quantitative estimate of drug-likeness (QED) is 0.877. The van der Waals surface area contributed by atoms with Crippen molar-refractivity contribution >= 4 is 5.69 Å². The van der Waals surface area contributed by atoms with E-state index in [1.807, 2.05) is 16.9 Å². The largest absolute Gasteiger partial charge is 0.381 e. The van der Waals surface area contributed by atoms with Crippen molar-refractivity contribution in [3.63, 3.8) is 0 Å². The van der Waals surface area contributed by atoms with Crippen molar-refractivity contribution in [1.82, 2.24) is 14.7 Å². The third kappa shape index (κ3) is 4.31. The van der Waals surface area contributed by atoms with Crippen LogP contribution in [-0.2, 0) is 11.3 Å². The van der Waals surface area contributed by atoms with Gasteiger partial charge >= 0.3 is 0 Å². The normalized spacial score (nSPS) is 16.0. The molecule has 2 heterocycles. The van der Waals surface area contributed by atoms with Crippen molar-refractivity contribution in [2.45, 2.75) is 6.54 Å². The van der Waals surface area contributed by atoms with E-state index in [1.165, 1.54) is 5.56 Å². The fourth-order valence-electron chi connectivity index (χ4n) is 2.49. The maximum absolute atomic E-state index is 5.35. The molecule has 3 rings (SSSR count). The molecule has 0 aliphatic carbocycles. The van der Waals surface area contributed by atoms with Crippen LogP contribution in [0.4, 0.5) is 5.69 Å². The molecule has 1 fully saturated rings. The van der Waals surface area contributed by atoms with Crippen LogP contribution in [0.5, 0.6) is 0 Å². The SMILES string of the molecule is c1ccc(Cn2cc(NCCN3CCOCC3)cn2)cc1. The van der Waals surface area contributed by atoms with Gasteiger partial charge in [-0.3, -0.25) is 9.58 Å². The van der Waals surface area contributed by atoms with Crippen LogP contribution in [0, 0.1) is 0 Å². The number of nitrogens with zero attached hydrogens (tertiary/aromatic N) is 3. The van der Waals surface area contributed by atoms with Crippen LogP contribution < -0.4 is 5.32 Å². The highest BCUT2D eigenvalue weighted by molar-refractivity contribution is 5.38. The molecule has 112 valence electrons. The Balaban J connectivity index is 1.44. The van der Waals surface area contributed by atoms with Gasteiger partial charge in [0.05, 0.1) is 31.6 Å². The van der Waals surface area contributed by atoms with E-state index in [0.29, 0.717) is 0 Å². The number of aromatic nitrogens is 2. The summed E-state index contributed by atoms with van der Waals surface area (Å²) in [6.07, 6.45) is 3.95. The topological polar surface area (TPSA) is 42.3 Å². The van der Waals surface area contributed by atoms with Crippen LogP contribution in [-0.4, -0.2) is 54.1 Å². The minimum atomic E-state index is 0.811. The highest BCUT2D eigenvalue weighted by Gasteiger charge is 2.09. The number of rotatable bonds is 6. The molecule has 1 aromatic carbocycles. The Bertz CT molecular complexity index is 534. The number of hydrogen-bond donors (Lipinski definition) is 1. The molecule has 0 unspecified atom stereocenters. The molecule has 21 heavy (non-hydrogen) atoms. The molecule has 0 spiro atoms. The van der Waals surface area contributed by atoms with E-state index in [9.17, 15) is 0 Å². The number of hydrogen-bond acceptors (Lipinski definition) is 4. The first-order chi connectivity index (χ1) is 10.4. The molecule has 1 aromatic heterocycles. The van der Waals surface area contributed by atoms with Crippen molar-refractivity contribution in [1.29, 1.82) is 0 Å². The summed E-state index contributed by atoms with van der Waals surface area (Å²) in [6.45, 7) is 6.59. The van der Waals surface area contributed by atoms with Gasteiger partial charge in [-0.05, 0) is 5.56 Å². The first-order valence-electron chi connectivity index (χ1n) is 7.50. The molecule has 0 radical (unpaired) electrons. The fraction of sp³-hybridized carbons (Fsp3) is 0.438. The maximum atomic E-state index is 5.35. The van der Waals surface area contributed by atoms with Crippen LogP contribution >= 0.6 is 0 Å². The van der Waals surface area contributed by atoms with E-state index in [-0.39, 0.29) is 0 Å². The predicted octanol–water partition coefficient (Wildman–Crippen LogP) is 1.68. The second-order valence-corrected chi connectivity index (χ2v) is 5.29. The Morgan fingerprint density at radius 2 is 1.95 bits per heavy atom. The van der Waals surface area contributed by atoms with E-state index in [0.717, 1.165) is 51.6 Å². The first-order valence-corrected chi connectivity index (χ1v) is 7.50. The number of anilines is 1. The molecule has 2 aromatic rings. The van der Waals surface area contributed by atoms with Crippen LogP contribution in [0.1, 0.15) is 5.56 Å². The summed E-state index contributed by atoms with van der Waals surface area (Å²) in [5, 5.41) is 7.83. The minimum absolute atomic E-state index is 0.811. The minimum Gasteiger partial charge on any atom is -0.381 e. The first kappa shape index (κ1) is 14.1. The summed E-state index contributed by atoms with van der Waals surface area (Å²) in [7, 11) is 0. The lowest BCUT2D eigenvalue weighted by Crippen LogP contribution is -2.38. The molecule has 0 saturated carbocycles. The Morgan fingerprint density at radius 1 is 1.14 bits per heavy atom. The van der Waals surface area contributed by atoms with Gasteiger partial charge in [0, 0.05) is 32.4 Å². The molecule has 1 N–H and O–H groups in total. The molecule has 1 aliphatic rings. The third-order valence-corrected chi connectivity index (χ3v) is 3.68. The number of nitrogens with one attached hydrogen (secondary N) is 1. The van der Waals surface area contributed by atoms with E-state index in [1.54, 1.807) is 0 Å². The van der Waals surface area contributed by atoms with E-state index < -0.39 is 0 Å². The van der Waals surface area contributed by atoms with E-state index >= 15 is 0 Å². The second-order valence-electron chi connectivity index (χ2n) is 5.29. The fourth-order valence-corrected chi connectivity index (χ4v) is 2.49. The van der Waals surface area contributed by atoms with Gasteiger partial charge in [-0.15, -0.1) is 0 Å². The Hall–Kier alpha value is -1.85. The van der Waals surface area contributed by atoms with Crippen molar-refractivity contribution in [3.05, 3.63) is 48.3 Å². The van der Waals surface area contributed by atoms with Gasteiger partial charge in [0.2, 0.25) is 0 Å². The summed E-state index contributed by atoms with van der Waals surface area (Å²) in [5.41, 5.74) is 2.35. The average molecular weight is 286 g/mol. The Kier molecular flexibility index (Phi) is 4.86. The monoisotopic (exact) mass is 286 g/mol. The van der Waals surface area contributed by atoms with Crippen LogP contribution in [0.25, 0.3) is 0 Å². The van der Waals surface area contributed by atoms with Gasteiger partial charge in [-0.2, -0.15) is 5.10 Å². The predicted molar refractivity (Wildman–Crippen MR) is 83.5 cm³/mol. The van der Waals surface area contributed by atoms with Crippen molar-refractivity contribution in [2.24, 2.45) is 0 Å². The third-order valence-electron chi connectivity index (χ3n) is 3.68. The summed E-state index contributed by atoms with van der Waals surface area (Å²) in [4.78, 5) is 2.42. The Labute approximate surface area is 125 Å². The average Bonchev–Trinajstić information content (AvgIpc) is 2.97. The second kappa shape index (κ2) is 7.24. The lowest BCUT2D eigenvalue weighted by molar-refractivity contribution is 0.0398. The van der Waals surface area contributed by atoms with Crippen molar-refractivity contribution in [2.75, 3.05) is 44.7 Å².